The van der Waals surface area contributed by atoms with Crippen LogP contribution in [-0.4, -0.2) is 0 Å². The monoisotopic (exact) mass is 302 g/mol. The van der Waals surface area contributed by atoms with Crippen molar-refractivity contribution in [2.75, 3.05) is 0 Å². The van der Waals surface area contributed by atoms with Crippen molar-refractivity contribution in [3.8, 4) is 23.5 Å². The minimum absolute atomic E-state index is 0.714. The van der Waals surface area contributed by atoms with Crippen molar-refractivity contribution in [3.05, 3.63) is 59.7 Å². The first-order chi connectivity index (χ1) is 11.3. The molecule has 2 aromatic rings. The van der Waals surface area contributed by atoms with E-state index in [0.29, 0.717) is 5.92 Å². The van der Waals surface area contributed by atoms with Crippen LogP contribution >= 0.6 is 0 Å². The molecule has 0 spiro atoms. The Balaban J connectivity index is 1.82. The smallest absolute Gasteiger partial charge is 0.0243 e. The molecule has 0 heterocycles. The zero-order valence-electron chi connectivity index (χ0n) is 14.1. The fraction of sp³-hybridized carbons (Fsp3) is 0.391. The van der Waals surface area contributed by atoms with Crippen molar-refractivity contribution in [3.63, 3.8) is 0 Å². The first-order valence-corrected chi connectivity index (χ1v) is 8.97. The van der Waals surface area contributed by atoms with Crippen LogP contribution in [0.25, 0.3) is 11.1 Å². The molecule has 0 saturated heterocycles. The van der Waals surface area contributed by atoms with Gasteiger partial charge in [0.05, 0.1) is 0 Å². The average molecular weight is 302 g/mol. The predicted molar refractivity (Wildman–Crippen MR) is 99.4 cm³/mol. The molecule has 2 aromatic carbocycles. The van der Waals surface area contributed by atoms with Gasteiger partial charge in [0, 0.05) is 5.56 Å². The second-order valence-corrected chi connectivity index (χ2v) is 6.82. The number of benzene rings is 2. The normalized spacial score (nSPS) is 20.9. The second-order valence-electron chi connectivity index (χ2n) is 6.82. The lowest BCUT2D eigenvalue weighted by molar-refractivity contribution is 0.308. The lowest BCUT2D eigenvalue weighted by Crippen LogP contribution is -2.13. The van der Waals surface area contributed by atoms with Gasteiger partial charge in [-0.2, -0.15) is 0 Å². The van der Waals surface area contributed by atoms with Crippen LogP contribution in [0.4, 0.5) is 0 Å². The molecule has 0 radical (unpaired) electrons. The van der Waals surface area contributed by atoms with Crippen molar-refractivity contribution < 1.29 is 0 Å². The standard InChI is InChI=1S/C23H26/c1-3-7-19-12-16-21(17-13-19)23-9-6-5-8-22(23)20-14-10-18(4-2)11-15-20/h2,5-6,8-11,14-15,19,21H,3,7,12-13,16-17H2,1H3. The summed E-state index contributed by atoms with van der Waals surface area (Å²) in [6, 6.07) is 17.3. The van der Waals surface area contributed by atoms with Gasteiger partial charge in [-0.1, -0.05) is 62.1 Å². The quantitative estimate of drug-likeness (QED) is 0.572. The van der Waals surface area contributed by atoms with Crippen LogP contribution in [0, 0.1) is 18.3 Å². The van der Waals surface area contributed by atoms with Crippen LogP contribution in [0.1, 0.15) is 62.5 Å². The third-order valence-corrected chi connectivity index (χ3v) is 5.31. The van der Waals surface area contributed by atoms with Crippen LogP contribution in [0.2, 0.25) is 0 Å². The summed E-state index contributed by atoms with van der Waals surface area (Å²) < 4.78 is 0. The van der Waals surface area contributed by atoms with Gasteiger partial charge in [0.15, 0.2) is 0 Å². The molecule has 3 rings (SSSR count). The molecule has 0 nitrogen and oxygen atoms in total. The van der Waals surface area contributed by atoms with Crippen LogP contribution in [0.3, 0.4) is 0 Å². The summed E-state index contributed by atoms with van der Waals surface area (Å²) in [5.74, 6) is 4.37. The number of hydrogen-bond donors (Lipinski definition) is 0. The van der Waals surface area contributed by atoms with E-state index in [-0.39, 0.29) is 0 Å². The van der Waals surface area contributed by atoms with E-state index in [9.17, 15) is 0 Å². The summed E-state index contributed by atoms with van der Waals surface area (Å²) in [6.07, 6.45) is 13.7. The number of terminal acetylenes is 1. The van der Waals surface area contributed by atoms with E-state index in [1.165, 1.54) is 55.2 Å². The zero-order chi connectivity index (χ0) is 16.1. The topological polar surface area (TPSA) is 0 Å². The van der Waals surface area contributed by atoms with E-state index in [1.807, 2.05) is 12.1 Å². The predicted octanol–water partition coefficient (Wildman–Crippen LogP) is 6.41. The fourth-order valence-corrected chi connectivity index (χ4v) is 4.03. The summed E-state index contributed by atoms with van der Waals surface area (Å²) in [5.41, 5.74) is 5.15. The Labute approximate surface area is 140 Å². The SMILES string of the molecule is C#Cc1ccc(-c2ccccc2C2CCC(CCC)CC2)cc1. The fourth-order valence-electron chi connectivity index (χ4n) is 4.03. The first-order valence-electron chi connectivity index (χ1n) is 8.97. The van der Waals surface area contributed by atoms with Crippen molar-refractivity contribution >= 4 is 0 Å². The van der Waals surface area contributed by atoms with Crippen LogP contribution in [-0.2, 0) is 0 Å². The van der Waals surface area contributed by atoms with Gasteiger partial charge in [-0.15, -0.1) is 6.42 Å². The molecule has 0 atom stereocenters. The van der Waals surface area contributed by atoms with Gasteiger partial charge in [-0.05, 0) is 66.3 Å². The summed E-state index contributed by atoms with van der Waals surface area (Å²) in [6.45, 7) is 2.31. The number of hydrogen-bond acceptors (Lipinski definition) is 0. The maximum atomic E-state index is 5.47. The van der Waals surface area contributed by atoms with Gasteiger partial charge >= 0.3 is 0 Å². The largest absolute Gasteiger partial charge is 0.115 e. The molecule has 1 saturated carbocycles. The Morgan fingerprint density at radius 1 is 0.957 bits per heavy atom. The second kappa shape index (κ2) is 7.51. The minimum atomic E-state index is 0.714. The molecule has 0 heteroatoms. The van der Waals surface area contributed by atoms with E-state index in [2.05, 4.69) is 49.2 Å². The van der Waals surface area contributed by atoms with Gasteiger partial charge in [0.25, 0.3) is 0 Å². The van der Waals surface area contributed by atoms with Gasteiger partial charge in [-0.3, -0.25) is 0 Å². The molecular formula is C23H26. The molecule has 0 unspecified atom stereocenters. The molecule has 0 bridgehead atoms. The van der Waals surface area contributed by atoms with Crippen LogP contribution in [0.15, 0.2) is 48.5 Å². The third-order valence-electron chi connectivity index (χ3n) is 5.31. The van der Waals surface area contributed by atoms with Crippen molar-refractivity contribution in [1.82, 2.24) is 0 Å². The zero-order valence-corrected chi connectivity index (χ0v) is 14.1. The molecule has 0 amide bonds. The van der Waals surface area contributed by atoms with E-state index in [1.54, 1.807) is 0 Å². The molecule has 0 aliphatic heterocycles. The third kappa shape index (κ3) is 3.67. The highest BCUT2D eigenvalue weighted by atomic mass is 14.3. The van der Waals surface area contributed by atoms with Gasteiger partial charge in [-0.25, -0.2) is 0 Å². The van der Waals surface area contributed by atoms with Crippen molar-refractivity contribution in [1.29, 1.82) is 0 Å². The van der Waals surface area contributed by atoms with E-state index in [0.717, 1.165) is 11.5 Å². The molecule has 118 valence electrons. The molecule has 1 fully saturated rings. The maximum absolute atomic E-state index is 5.47. The lowest BCUT2D eigenvalue weighted by Gasteiger charge is -2.30. The molecule has 1 aliphatic rings. The molecule has 1 aliphatic carbocycles. The van der Waals surface area contributed by atoms with Gasteiger partial charge < -0.3 is 0 Å². The summed E-state index contributed by atoms with van der Waals surface area (Å²) in [7, 11) is 0. The summed E-state index contributed by atoms with van der Waals surface area (Å²) >= 11 is 0. The minimum Gasteiger partial charge on any atom is -0.115 e. The average Bonchev–Trinajstić information content (AvgIpc) is 2.63. The highest BCUT2D eigenvalue weighted by Gasteiger charge is 2.23. The highest BCUT2D eigenvalue weighted by molar-refractivity contribution is 5.68. The van der Waals surface area contributed by atoms with E-state index in [4.69, 9.17) is 6.42 Å². The highest BCUT2D eigenvalue weighted by Crippen LogP contribution is 2.41. The van der Waals surface area contributed by atoms with Crippen molar-refractivity contribution in [2.24, 2.45) is 5.92 Å². The Morgan fingerprint density at radius 2 is 1.65 bits per heavy atom. The van der Waals surface area contributed by atoms with E-state index < -0.39 is 0 Å². The summed E-state index contributed by atoms with van der Waals surface area (Å²) in [4.78, 5) is 0. The lowest BCUT2D eigenvalue weighted by atomic mass is 9.75. The molecule has 0 N–H and O–H groups in total. The maximum Gasteiger partial charge on any atom is 0.0243 e. The Bertz CT molecular complexity index is 664. The van der Waals surface area contributed by atoms with Gasteiger partial charge in [0.2, 0.25) is 0 Å². The van der Waals surface area contributed by atoms with Crippen molar-refractivity contribution in [2.45, 2.75) is 51.4 Å². The Morgan fingerprint density at radius 3 is 2.30 bits per heavy atom. The van der Waals surface area contributed by atoms with E-state index >= 15 is 0 Å². The number of rotatable bonds is 4. The first kappa shape index (κ1) is 15.9. The van der Waals surface area contributed by atoms with Crippen LogP contribution in [0.5, 0.6) is 0 Å². The van der Waals surface area contributed by atoms with Gasteiger partial charge in [0.1, 0.15) is 0 Å². The molecular weight excluding hydrogens is 276 g/mol. The Hall–Kier alpha value is -2.00. The van der Waals surface area contributed by atoms with Crippen LogP contribution < -0.4 is 0 Å². The molecule has 0 aromatic heterocycles. The molecule has 23 heavy (non-hydrogen) atoms. The Kier molecular flexibility index (Phi) is 5.19. The summed E-state index contributed by atoms with van der Waals surface area (Å²) in [5, 5.41) is 0.